The van der Waals surface area contributed by atoms with Crippen molar-refractivity contribution in [3.05, 3.63) is 34.3 Å². The quantitative estimate of drug-likeness (QED) is 0.658. The normalized spacial score (nSPS) is 18.2. The van der Waals surface area contributed by atoms with Crippen molar-refractivity contribution >= 4 is 11.6 Å². The Kier molecular flexibility index (Phi) is 2.54. The Morgan fingerprint density at radius 1 is 1.21 bits per heavy atom. The Morgan fingerprint density at radius 3 is 2.50 bits per heavy atom. The van der Waals surface area contributed by atoms with Crippen molar-refractivity contribution in [1.29, 1.82) is 0 Å². The first-order valence-electron chi connectivity index (χ1n) is 5.32. The third-order valence-electron chi connectivity index (χ3n) is 3.56. The molecule has 76 valence electrons. The number of quaternary nitrogens is 1. The minimum Gasteiger partial charge on any atom is -0.317 e. The van der Waals surface area contributed by atoms with E-state index in [-0.39, 0.29) is 0 Å². The van der Waals surface area contributed by atoms with Gasteiger partial charge in [0.25, 0.3) is 0 Å². The van der Waals surface area contributed by atoms with Crippen molar-refractivity contribution in [2.24, 2.45) is 0 Å². The predicted molar refractivity (Wildman–Crippen MR) is 60.2 cm³/mol. The average molecular weight is 211 g/mol. The van der Waals surface area contributed by atoms with Crippen molar-refractivity contribution in [2.45, 2.75) is 26.9 Å². The zero-order valence-corrected chi connectivity index (χ0v) is 9.64. The molecule has 0 fully saturated rings. The van der Waals surface area contributed by atoms with Gasteiger partial charge < -0.3 is 4.48 Å². The standard InChI is InChI=1S/C12H17ClN/c1-3-14(4-2)8-10-6-5-7-12(13)11(10)9-14/h5-7H,3-4,8-9H2,1-2H3/q+1. The smallest absolute Gasteiger partial charge is 0.107 e. The molecule has 1 aromatic rings. The number of hydrogen-bond acceptors (Lipinski definition) is 0. The molecule has 0 aliphatic carbocycles. The fourth-order valence-electron chi connectivity index (χ4n) is 2.35. The minimum absolute atomic E-state index is 0.949. The topological polar surface area (TPSA) is 0 Å². The van der Waals surface area contributed by atoms with Gasteiger partial charge in [0, 0.05) is 16.1 Å². The Bertz CT molecular complexity index is 342. The van der Waals surface area contributed by atoms with Gasteiger partial charge in [0.2, 0.25) is 0 Å². The van der Waals surface area contributed by atoms with Crippen molar-refractivity contribution < 1.29 is 4.48 Å². The molecule has 1 aromatic carbocycles. The molecule has 0 bridgehead atoms. The molecular formula is C12H17ClN+. The molecule has 1 heterocycles. The summed E-state index contributed by atoms with van der Waals surface area (Å²) in [4.78, 5) is 0. The van der Waals surface area contributed by atoms with Crippen LogP contribution in [0.1, 0.15) is 25.0 Å². The van der Waals surface area contributed by atoms with E-state index in [9.17, 15) is 0 Å². The lowest BCUT2D eigenvalue weighted by molar-refractivity contribution is -0.944. The van der Waals surface area contributed by atoms with E-state index in [1.807, 2.05) is 6.07 Å². The lowest BCUT2D eigenvalue weighted by Crippen LogP contribution is -2.42. The summed E-state index contributed by atoms with van der Waals surface area (Å²) in [5, 5.41) is 0.949. The molecule has 0 amide bonds. The highest BCUT2D eigenvalue weighted by Gasteiger charge is 2.33. The van der Waals surface area contributed by atoms with Gasteiger partial charge in [-0.15, -0.1) is 0 Å². The highest BCUT2D eigenvalue weighted by Crippen LogP contribution is 2.33. The van der Waals surface area contributed by atoms with Crippen molar-refractivity contribution in [3.8, 4) is 0 Å². The average Bonchev–Trinajstić information content (AvgIpc) is 2.59. The van der Waals surface area contributed by atoms with Crippen LogP contribution in [0.4, 0.5) is 0 Å². The number of benzene rings is 1. The molecule has 1 aliphatic rings. The van der Waals surface area contributed by atoms with Crippen LogP contribution in [-0.2, 0) is 13.1 Å². The zero-order chi connectivity index (χ0) is 10.2. The second-order valence-electron chi connectivity index (χ2n) is 4.17. The Balaban J connectivity index is 2.38. The lowest BCUT2D eigenvalue weighted by Gasteiger charge is -2.31. The SMILES string of the molecule is CC[N+]1(CC)Cc2cccc(Cl)c2C1. The molecule has 0 aromatic heterocycles. The van der Waals surface area contributed by atoms with Crippen LogP contribution in [0.15, 0.2) is 18.2 Å². The van der Waals surface area contributed by atoms with E-state index in [1.165, 1.54) is 28.7 Å². The molecular weight excluding hydrogens is 194 g/mol. The van der Waals surface area contributed by atoms with E-state index < -0.39 is 0 Å². The molecule has 1 aliphatic heterocycles. The molecule has 0 N–H and O–H groups in total. The summed E-state index contributed by atoms with van der Waals surface area (Å²) >= 11 is 6.20. The molecule has 0 atom stereocenters. The fourth-order valence-corrected chi connectivity index (χ4v) is 2.61. The zero-order valence-electron chi connectivity index (χ0n) is 8.89. The third-order valence-corrected chi connectivity index (χ3v) is 3.91. The van der Waals surface area contributed by atoms with Crippen molar-refractivity contribution in [3.63, 3.8) is 0 Å². The molecule has 0 unspecified atom stereocenters. The maximum Gasteiger partial charge on any atom is 0.107 e. The van der Waals surface area contributed by atoms with E-state index >= 15 is 0 Å². The largest absolute Gasteiger partial charge is 0.317 e. The van der Waals surface area contributed by atoms with Gasteiger partial charge in [-0.05, 0) is 19.9 Å². The number of nitrogens with zero attached hydrogens (tertiary/aromatic N) is 1. The summed E-state index contributed by atoms with van der Waals surface area (Å²) in [5.74, 6) is 0. The Labute approximate surface area is 90.9 Å². The van der Waals surface area contributed by atoms with Gasteiger partial charge in [0.1, 0.15) is 13.1 Å². The van der Waals surface area contributed by atoms with E-state index in [1.54, 1.807) is 0 Å². The maximum atomic E-state index is 6.20. The predicted octanol–water partition coefficient (Wildman–Crippen LogP) is 3.21. The van der Waals surface area contributed by atoms with Crippen LogP contribution in [0.5, 0.6) is 0 Å². The van der Waals surface area contributed by atoms with Gasteiger partial charge in [-0.25, -0.2) is 0 Å². The first-order chi connectivity index (χ1) is 6.71. The van der Waals surface area contributed by atoms with Gasteiger partial charge in [-0.3, -0.25) is 0 Å². The van der Waals surface area contributed by atoms with E-state index in [0.717, 1.165) is 18.1 Å². The summed E-state index contributed by atoms with van der Waals surface area (Å²) in [5.41, 5.74) is 2.82. The summed E-state index contributed by atoms with van der Waals surface area (Å²) in [6.07, 6.45) is 0. The minimum atomic E-state index is 0.949. The number of halogens is 1. The summed E-state index contributed by atoms with van der Waals surface area (Å²) in [6.45, 7) is 9.19. The third kappa shape index (κ3) is 1.45. The molecule has 0 saturated carbocycles. The first kappa shape index (κ1) is 10.0. The summed E-state index contributed by atoms with van der Waals surface area (Å²) in [6, 6.07) is 6.28. The number of fused-ring (bicyclic) bond motifs is 1. The van der Waals surface area contributed by atoms with Crippen LogP contribution in [0.3, 0.4) is 0 Å². The van der Waals surface area contributed by atoms with Crippen LogP contribution in [-0.4, -0.2) is 17.6 Å². The molecule has 2 heteroatoms. The molecule has 2 rings (SSSR count). The molecule has 0 radical (unpaired) electrons. The second-order valence-corrected chi connectivity index (χ2v) is 4.58. The molecule has 1 nitrogen and oxygen atoms in total. The van der Waals surface area contributed by atoms with Gasteiger partial charge in [0.15, 0.2) is 0 Å². The highest BCUT2D eigenvalue weighted by atomic mass is 35.5. The van der Waals surface area contributed by atoms with E-state index in [4.69, 9.17) is 11.6 Å². The molecule has 0 spiro atoms. The van der Waals surface area contributed by atoms with Crippen LogP contribution < -0.4 is 0 Å². The number of hydrogen-bond donors (Lipinski definition) is 0. The lowest BCUT2D eigenvalue weighted by atomic mass is 10.1. The first-order valence-corrected chi connectivity index (χ1v) is 5.70. The van der Waals surface area contributed by atoms with Crippen LogP contribution in [0.25, 0.3) is 0 Å². The number of rotatable bonds is 2. The van der Waals surface area contributed by atoms with Gasteiger partial charge >= 0.3 is 0 Å². The second kappa shape index (κ2) is 3.56. The van der Waals surface area contributed by atoms with Gasteiger partial charge in [-0.2, -0.15) is 0 Å². The maximum absolute atomic E-state index is 6.20. The van der Waals surface area contributed by atoms with Gasteiger partial charge in [-0.1, -0.05) is 23.7 Å². The highest BCUT2D eigenvalue weighted by molar-refractivity contribution is 6.31. The Morgan fingerprint density at radius 2 is 1.93 bits per heavy atom. The van der Waals surface area contributed by atoms with Crippen LogP contribution >= 0.6 is 11.6 Å². The van der Waals surface area contributed by atoms with Crippen molar-refractivity contribution in [2.75, 3.05) is 13.1 Å². The monoisotopic (exact) mass is 210 g/mol. The summed E-state index contributed by atoms with van der Waals surface area (Å²) < 4.78 is 1.17. The van der Waals surface area contributed by atoms with Crippen LogP contribution in [0, 0.1) is 0 Å². The van der Waals surface area contributed by atoms with E-state index in [0.29, 0.717) is 0 Å². The molecule has 0 saturated heterocycles. The van der Waals surface area contributed by atoms with E-state index in [2.05, 4.69) is 26.0 Å². The molecule has 14 heavy (non-hydrogen) atoms. The Hall–Kier alpha value is -0.530. The van der Waals surface area contributed by atoms with Crippen LogP contribution in [0.2, 0.25) is 5.02 Å². The summed E-state index contributed by atoms with van der Waals surface area (Å²) in [7, 11) is 0. The van der Waals surface area contributed by atoms with Gasteiger partial charge in [0.05, 0.1) is 13.1 Å². The van der Waals surface area contributed by atoms with Crippen molar-refractivity contribution in [1.82, 2.24) is 0 Å². The fraction of sp³-hybridized carbons (Fsp3) is 0.500.